The molecule has 3 rings (SSSR count). The predicted molar refractivity (Wildman–Crippen MR) is 80.8 cm³/mol. The Morgan fingerprint density at radius 2 is 1.79 bits per heavy atom. The smallest absolute Gasteiger partial charge is 0.479 e. The van der Waals surface area contributed by atoms with Crippen molar-refractivity contribution < 1.29 is 27.4 Å². The summed E-state index contributed by atoms with van der Waals surface area (Å²) < 4.78 is 45.9. The number of nitrogens with zero attached hydrogens (tertiary/aromatic N) is 1. The molecule has 1 aliphatic rings. The molecule has 1 amide bonds. The zero-order valence-corrected chi connectivity index (χ0v) is 12.7. The second kappa shape index (κ2) is 6.07. The number of anilines is 1. The van der Waals surface area contributed by atoms with Crippen LogP contribution in [-0.2, 0) is 11.3 Å². The van der Waals surface area contributed by atoms with E-state index in [2.05, 4.69) is 4.74 Å². The fourth-order valence-corrected chi connectivity index (χ4v) is 2.50. The van der Waals surface area contributed by atoms with Crippen LogP contribution < -0.4 is 14.4 Å². The van der Waals surface area contributed by atoms with Crippen LogP contribution in [0.15, 0.2) is 48.5 Å². The molecule has 2 aromatic carbocycles. The number of para-hydroxylation sites is 2. The van der Waals surface area contributed by atoms with Gasteiger partial charge in [-0.1, -0.05) is 24.3 Å². The van der Waals surface area contributed by atoms with Crippen LogP contribution in [0.3, 0.4) is 0 Å². The number of benzene rings is 2. The van der Waals surface area contributed by atoms with Gasteiger partial charge >= 0.3 is 6.36 Å². The molecular weight excluding hydrogens is 323 g/mol. The highest BCUT2D eigenvalue weighted by atomic mass is 19.4. The number of alkyl halides is 3. The zero-order valence-electron chi connectivity index (χ0n) is 12.7. The Morgan fingerprint density at radius 3 is 2.46 bits per heavy atom. The highest BCUT2D eigenvalue weighted by Crippen LogP contribution is 2.34. The molecule has 0 saturated heterocycles. The molecule has 1 aliphatic heterocycles. The molecule has 2 aromatic rings. The van der Waals surface area contributed by atoms with Crippen LogP contribution in [0.25, 0.3) is 0 Å². The molecule has 0 N–H and O–H groups in total. The van der Waals surface area contributed by atoms with Crippen molar-refractivity contribution in [2.45, 2.75) is 25.9 Å². The van der Waals surface area contributed by atoms with Crippen LogP contribution in [0.5, 0.6) is 11.5 Å². The van der Waals surface area contributed by atoms with Crippen molar-refractivity contribution in [3.8, 4) is 11.5 Å². The summed E-state index contributed by atoms with van der Waals surface area (Å²) in [4.78, 5) is 13.9. The Kier molecular flexibility index (Phi) is 4.09. The van der Waals surface area contributed by atoms with Crippen LogP contribution >= 0.6 is 0 Å². The molecule has 0 saturated carbocycles. The van der Waals surface area contributed by atoms with Gasteiger partial charge in [0.2, 0.25) is 0 Å². The lowest BCUT2D eigenvalue weighted by atomic mass is 10.1. The number of carbonyl (C=O) groups is 1. The maximum Gasteiger partial charge on any atom is 0.573 e. The average molecular weight is 337 g/mol. The van der Waals surface area contributed by atoms with Crippen molar-refractivity contribution in [1.29, 1.82) is 0 Å². The van der Waals surface area contributed by atoms with E-state index in [-0.39, 0.29) is 18.2 Å². The van der Waals surface area contributed by atoms with Crippen LogP contribution in [0.4, 0.5) is 18.9 Å². The van der Waals surface area contributed by atoms with Crippen LogP contribution in [0.2, 0.25) is 0 Å². The predicted octanol–water partition coefficient (Wildman–Crippen LogP) is 3.90. The maximum absolute atomic E-state index is 12.4. The fourth-order valence-electron chi connectivity index (χ4n) is 2.50. The summed E-state index contributed by atoms with van der Waals surface area (Å²) in [5.74, 6) is 0.0965. The molecule has 24 heavy (non-hydrogen) atoms. The number of amides is 1. The number of carbonyl (C=O) groups excluding carboxylic acids is 1. The zero-order chi connectivity index (χ0) is 17.3. The van der Waals surface area contributed by atoms with Gasteiger partial charge in [0.25, 0.3) is 5.91 Å². The molecule has 0 bridgehead atoms. The minimum absolute atomic E-state index is 0.204. The van der Waals surface area contributed by atoms with Crippen molar-refractivity contribution in [1.82, 2.24) is 0 Å². The van der Waals surface area contributed by atoms with Crippen molar-refractivity contribution in [2.24, 2.45) is 0 Å². The van der Waals surface area contributed by atoms with Gasteiger partial charge in [0, 0.05) is 0 Å². The second-order valence-corrected chi connectivity index (χ2v) is 5.34. The molecule has 1 heterocycles. The molecule has 0 radical (unpaired) electrons. The lowest BCUT2D eigenvalue weighted by molar-refractivity contribution is -0.274. The molecule has 0 aromatic heterocycles. The van der Waals surface area contributed by atoms with E-state index in [4.69, 9.17) is 4.74 Å². The van der Waals surface area contributed by atoms with Crippen molar-refractivity contribution in [3.63, 3.8) is 0 Å². The number of rotatable bonds is 3. The summed E-state index contributed by atoms with van der Waals surface area (Å²) in [7, 11) is 0. The summed E-state index contributed by atoms with van der Waals surface area (Å²) in [5, 5.41) is 0. The summed E-state index contributed by atoms with van der Waals surface area (Å²) in [6.45, 7) is 1.89. The summed E-state index contributed by atoms with van der Waals surface area (Å²) in [5.41, 5.74) is 1.32. The van der Waals surface area contributed by atoms with Gasteiger partial charge in [-0.25, -0.2) is 0 Å². The van der Waals surface area contributed by atoms with Gasteiger partial charge < -0.3 is 14.4 Å². The second-order valence-electron chi connectivity index (χ2n) is 5.34. The molecule has 4 nitrogen and oxygen atoms in total. The summed E-state index contributed by atoms with van der Waals surface area (Å²) in [6.07, 6.45) is -5.34. The van der Waals surface area contributed by atoms with Crippen molar-refractivity contribution in [2.75, 3.05) is 4.90 Å². The van der Waals surface area contributed by atoms with Crippen molar-refractivity contribution in [3.05, 3.63) is 54.1 Å². The molecule has 0 unspecified atom stereocenters. The fraction of sp³-hybridized carbons (Fsp3) is 0.235. The largest absolute Gasteiger partial charge is 0.573 e. The van der Waals surface area contributed by atoms with Gasteiger partial charge in [0.15, 0.2) is 6.10 Å². The van der Waals surface area contributed by atoms with Crippen molar-refractivity contribution >= 4 is 11.6 Å². The van der Waals surface area contributed by atoms with E-state index in [9.17, 15) is 18.0 Å². The molecule has 0 fully saturated rings. The lowest BCUT2D eigenvalue weighted by Gasteiger charge is -2.33. The minimum Gasteiger partial charge on any atom is -0.479 e. The Labute approximate surface area is 136 Å². The van der Waals surface area contributed by atoms with E-state index in [0.29, 0.717) is 17.0 Å². The first-order valence-electron chi connectivity index (χ1n) is 7.25. The third kappa shape index (κ3) is 3.45. The van der Waals surface area contributed by atoms with Crippen LogP contribution in [0.1, 0.15) is 12.5 Å². The highest BCUT2D eigenvalue weighted by molar-refractivity contribution is 5.99. The first kappa shape index (κ1) is 16.2. The molecule has 7 heteroatoms. The summed E-state index contributed by atoms with van der Waals surface area (Å²) >= 11 is 0. The standard InChI is InChI=1S/C17H14F3NO3/c1-11-16(22)21(14-4-2-3-5-15(14)23-11)10-12-6-8-13(9-7-12)24-17(18,19)20/h2-9,11H,10H2,1H3/t11-/m0/s1. The normalized spacial score (nSPS) is 17.2. The van der Waals surface area contributed by atoms with Gasteiger partial charge in [-0.3, -0.25) is 4.79 Å². The quantitative estimate of drug-likeness (QED) is 0.853. The highest BCUT2D eigenvalue weighted by Gasteiger charge is 2.32. The molecule has 126 valence electrons. The van der Waals surface area contributed by atoms with Gasteiger partial charge in [-0.05, 0) is 36.8 Å². The molecule has 1 atom stereocenters. The van der Waals surface area contributed by atoms with Gasteiger partial charge in [-0.15, -0.1) is 13.2 Å². The average Bonchev–Trinajstić information content (AvgIpc) is 2.52. The number of fused-ring (bicyclic) bond motifs is 1. The minimum atomic E-state index is -4.73. The van der Waals surface area contributed by atoms with Gasteiger partial charge in [-0.2, -0.15) is 0 Å². The monoisotopic (exact) mass is 337 g/mol. The maximum atomic E-state index is 12.4. The first-order valence-corrected chi connectivity index (χ1v) is 7.25. The number of ether oxygens (including phenoxy) is 2. The third-order valence-corrected chi connectivity index (χ3v) is 3.57. The number of halogens is 3. The Morgan fingerprint density at radius 1 is 1.12 bits per heavy atom. The van der Waals surface area contributed by atoms with E-state index in [1.54, 1.807) is 30.0 Å². The topological polar surface area (TPSA) is 38.8 Å². The summed E-state index contributed by atoms with van der Waals surface area (Å²) in [6, 6.07) is 12.6. The third-order valence-electron chi connectivity index (χ3n) is 3.57. The molecule has 0 aliphatic carbocycles. The Hall–Kier alpha value is -2.70. The molecular formula is C17H14F3NO3. The van der Waals surface area contributed by atoms with E-state index < -0.39 is 12.5 Å². The van der Waals surface area contributed by atoms with E-state index in [1.165, 1.54) is 24.3 Å². The number of hydrogen-bond acceptors (Lipinski definition) is 3. The molecule has 0 spiro atoms. The first-order chi connectivity index (χ1) is 11.3. The van der Waals surface area contributed by atoms with Crippen LogP contribution in [-0.4, -0.2) is 18.4 Å². The van der Waals surface area contributed by atoms with E-state index >= 15 is 0 Å². The number of hydrogen-bond donors (Lipinski definition) is 0. The van der Waals surface area contributed by atoms with E-state index in [0.717, 1.165) is 0 Å². The van der Waals surface area contributed by atoms with Gasteiger partial charge in [0.1, 0.15) is 11.5 Å². The Balaban J connectivity index is 1.81. The van der Waals surface area contributed by atoms with E-state index in [1.807, 2.05) is 6.07 Å². The SMILES string of the molecule is C[C@@H]1Oc2ccccc2N(Cc2ccc(OC(F)(F)F)cc2)C1=O. The lowest BCUT2D eigenvalue weighted by Crippen LogP contribution is -2.43. The van der Waals surface area contributed by atoms with Gasteiger partial charge in [0.05, 0.1) is 12.2 Å². The van der Waals surface area contributed by atoms with Crippen LogP contribution in [0, 0.1) is 0 Å². The Bertz CT molecular complexity index is 743.